The van der Waals surface area contributed by atoms with E-state index in [4.69, 9.17) is 9.15 Å². The molecule has 0 saturated heterocycles. The fraction of sp³-hybridized carbons (Fsp3) is 0.222. The van der Waals surface area contributed by atoms with E-state index in [2.05, 4.69) is 20.9 Å². The minimum Gasteiger partial charge on any atom is -0.494 e. The number of aromatic nitrogens is 1. The number of fused-ring (bicyclic) bond motifs is 1. The van der Waals surface area contributed by atoms with Gasteiger partial charge in [0.1, 0.15) is 5.75 Å². The molecule has 1 aromatic carbocycles. The second kappa shape index (κ2) is 3.77. The predicted octanol–water partition coefficient (Wildman–Crippen LogP) is 3.54. The third-order valence-electron chi connectivity index (χ3n) is 1.85. The average Bonchev–Trinajstić information content (AvgIpc) is 2.59. The third kappa shape index (κ3) is 1.81. The molecular formula is C9H6BrF2NO2. The minimum absolute atomic E-state index is 0.275. The molecule has 1 aromatic heterocycles. The maximum Gasteiger partial charge on any atom is 0.313 e. The Balaban J connectivity index is 2.68. The van der Waals surface area contributed by atoms with E-state index in [1.165, 1.54) is 7.11 Å². The second-order valence-electron chi connectivity index (χ2n) is 2.81. The lowest BCUT2D eigenvalue weighted by atomic mass is 10.3. The Morgan fingerprint density at radius 3 is 2.80 bits per heavy atom. The molecule has 0 amide bonds. The van der Waals surface area contributed by atoms with Gasteiger partial charge in [-0.15, -0.1) is 0 Å². The van der Waals surface area contributed by atoms with E-state index >= 15 is 0 Å². The summed E-state index contributed by atoms with van der Waals surface area (Å²) in [6.07, 6.45) is -2.72. The molecule has 2 rings (SSSR count). The Morgan fingerprint density at radius 1 is 1.47 bits per heavy atom. The lowest BCUT2D eigenvalue weighted by Gasteiger charge is -1.99. The van der Waals surface area contributed by atoms with Crippen molar-refractivity contribution in [1.82, 2.24) is 4.98 Å². The molecule has 1 heterocycles. The Morgan fingerprint density at radius 2 is 2.20 bits per heavy atom. The summed E-state index contributed by atoms with van der Waals surface area (Å²) < 4.78 is 35.2. The Kier molecular flexibility index (Phi) is 2.60. The van der Waals surface area contributed by atoms with Crippen LogP contribution in [0.1, 0.15) is 12.3 Å². The summed E-state index contributed by atoms with van der Waals surface area (Å²) in [5.41, 5.74) is 0.576. The summed E-state index contributed by atoms with van der Waals surface area (Å²) in [7, 11) is 1.44. The van der Waals surface area contributed by atoms with Crippen molar-refractivity contribution in [2.75, 3.05) is 7.11 Å². The number of halogens is 3. The average molecular weight is 278 g/mol. The number of methoxy groups -OCH3 is 1. The lowest BCUT2D eigenvalue weighted by molar-refractivity contribution is 0.117. The van der Waals surface area contributed by atoms with Crippen molar-refractivity contribution in [3.8, 4) is 5.75 Å². The predicted molar refractivity (Wildman–Crippen MR) is 53.2 cm³/mol. The highest BCUT2D eigenvalue weighted by Crippen LogP contribution is 2.32. The van der Waals surface area contributed by atoms with Crippen LogP contribution in [0.2, 0.25) is 0 Å². The molecular weight excluding hydrogens is 272 g/mol. The molecule has 0 aliphatic carbocycles. The van der Waals surface area contributed by atoms with Gasteiger partial charge in [-0.2, -0.15) is 8.78 Å². The summed E-state index contributed by atoms with van der Waals surface area (Å²) in [4.78, 5) is 3.66. The summed E-state index contributed by atoms with van der Waals surface area (Å²) in [6.45, 7) is 0. The van der Waals surface area contributed by atoms with Crippen molar-refractivity contribution >= 4 is 27.0 Å². The third-order valence-corrected chi connectivity index (χ3v) is 2.31. The molecule has 0 N–H and O–H groups in total. The van der Waals surface area contributed by atoms with Crippen LogP contribution < -0.4 is 4.74 Å². The second-order valence-corrected chi connectivity index (χ2v) is 3.72. The molecule has 80 valence electrons. The number of benzene rings is 1. The summed E-state index contributed by atoms with van der Waals surface area (Å²) in [5, 5.41) is 0. The lowest BCUT2D eigenvalue weighted by Crippen LogP contribution is -1.85. The van der Waals surface area contributed by atoms with Crippen molar-refractivity contribution in [2.45, 2.75) is 6.43 Å². The molecule has 0 spiro atoms. The van der Waals surface area contributed by atoms with E-state index in [1.54, 1.807) is 12.1 Å². The standard InChI is InChI=1S/C9H6BrF2NO2/c1-14-5-2-4(10)3-6-7(5)13-9(15-6)8(11)12/h2-3,8H,1H3. The van der Waals surface area contributed by atoms with Crippen LogP contribution in [0.4, 0.5) is 8.78 Å². The highest BCUT2D eigenvalue weighted by atomic mass is 79.9. The Labute approximate surface area is 92.2 Å². The van der Waals surface area contributed by atoms with Crippen molar-refractivity contribution in [3.05, 3.63) is 22.5 Å². The zero-order valence-electron chi connectivity index (χ0n) is 7.63. The molecule has 15 heavy (non-hydrogen) atoms. The first kappa shape index (κ1) is 10.4. The first-order valence-electron chi connectivity index (χ1n) is 4.04. The van der Waals surface area contributed by atoms with Gasteiger partial charge >= 0.3 is 6.43 Å². The highest BCUT2D eigenvalue weighted by Gasteiger charge is 2.18. The monoisotopic (exact) mass is 277 g/mol. The fourth-order valence-corrected chi connectivity index (χ4v) is 1.65. The topological polar surface area (TPSA) is 35.3 Å². The van der Waals surface area contributed by atoms with Gasteiger partial charge in [-0.3, -0.25) is 0 Å². The van der Waals surface area contributed by atoms with Gasteiger partial charge in [-0.05, 0) is 12.1 Å². The first-order valence-corrected chi connectivity index (χ1v) is 4.83. The minimum atomic E-state index is -2.72. The van der Waals surface area contributed by atoms with Crippen LogP contribution in [0, 0.1) is 0 Å². The van der Waals surface area contributed by atoms with E-state index in [9.17, 15) is 8.78 Å². The van der Waals surface area contributed by atoms with Crippen LogP contribution in [-0.4, -0.2) is 12.1 Å². The van der Waals surface area contributed by atoms with Gasteiger partial charge in [-0.25, -0.2) is 4.98 Å². The van der Waals surface area contributed by atoms with Gasteiger partial charge < -0.3 is 9.15 Å². The smallest absolute Gasteiger partial charge is 0.313 e. The van der Waals surface area contributed by atoms with Crippen LogP contribution in [-0.2, 0) is 0 Å². The summed E-state index contributed by atoms with van der Waals surface area (Å²) in [5.74, 6) is -0.198. The molecule has 0 saturated carbocycles. The number of alkyl halides is 2. The molecule has 0 fully saturated rings. The van der Waals surface area contributed by atoms with Crippen molar-refractivity contribution < 1.29 is 17.9 Å². The van der Waals surface area contributed by atoms with Gasteiger partial charge in [0, 0.05) is 4.47 Å². The summed E-state index contributed by atoms with van der Waals surface area (Å²) >= 11 is 3.22. The van der Waals surface area contributed by atoms with Gasteiger partial charge in [0.05, 0.1) is 7.11 Å². The quantitative estimate of drug-likeness (QED) is 0.842. The fourth-order valence-electron chi connectivity index (χ4n) is 1.23. The van der Waals surface area contributed by atoms with Crippen LogP contribution in [0.25, 0.3) is 11.1 Å². The zero-order valence-corrected chi connectivity index (χ0v) is 9.22. The van der Waals surface area contributed by atoms with Gasteiger partial charge in [0.2, 0.25) is 0 Å². The molecule has 0 radical (unpaired) electrons. The van der Waals surface area contributed by atoms with Gasteiger partial charge in [-0.1, -0.05) is 15.9 Å². The Bertz CT molecular complexity index is 498. The summed E-state index contributed by atoms with van der Waals surface area (Å²) in [6, 6.07) is 3.21. The molecule has 0 aliphatic rings. The number of rotatable bonds is 2. The molecule has 0 bridgehead atoms. The number of hydrogen-bond acceptors (Lipinski definition) is 3. The van der Waals surface area contributed by atoms with Crippen LogP contribution >= 0.6 is 15.9 Å². The van der Waals surface area contributed by atoms with Gasteiger partial charge in [0.15, 0.2) is 11.1 Å². The molecule has 6 heteroatoms. The molecule has 0 atom stereocenters. The van der Waals surface area contributed by atoms with E-state index < -0.39 is 12.3 Å². The maximum absolute atomic E-state index is 12.3. The zero-order chi connectivity index (χ0) is 11.0. The maximum atomic E-state index is 12.3. The number of ether oxygens (including phenoxy) is 1. The normalized spacial score (nSPS) is 11.3. The van der Waals surface area contributed by atoms with Crippen molar-refractivity contribution in [1.29, 1.82) is 0 Å². The Hall–Kier alpha value is -1.17. The van der Waals surface area contributed by atoms with Gasteiger partial charge in [0.25, 0.3) is 5.89 Å². The number of oxazole rings is 1. The van der Waals surface area contributed by atoms with Crippen LogP contribution in [0.5, 0.6) is 5.75 Å². The molecule has 0 aliphatic heterocycles. The molecule has 3 nitrogen and oxygen atoms in total. The number of nitrogens with zero attached hydrogens (tertiary/aromatic N) is 1. The van der Waals surface area contributed by atoms with Crippen LogP contribution in [0.15, 0.2) is 21.0 Å². The highest BCUT2D eigenvalue weighted by molar-refractivity contribution is 9.10. The van der Waals surface area contributed by atoms with Crippen molar-refractivity contribution in [3.63, 3.8) is 0 Å². The number of hydrogen-bond donors (Lipinski definition) is 0. The van der Waals surface area contributed by atoms with Crippen LogP contribution in [0.3, 0.4) is 0 Å². The van der Waals surface area contributed by atoms with E-state index in [0.717, 1.165) is 0 Å². The van der Waals surface area contributed by atoms with E-state index in [-0.39, 0.29) is 5.58 Å². The largest absolute Gasteiger partial charge is 0.494 e. The van der Waals surface area contributed by atoms with E-state index in [0.29, 0.717) is 15.7 Å². The van der Waals surface area contributed by atoms with Crippen molar-refractivity contribution in [2.24, 2.45) is 0 Å². The molecule has 0 unspecified atom stereocenters. The molecule has 2 aromatic rings. The van der Waals surface area contributed by atoms with E-state index in [1.807, 2.05) is 0 Å². The first-order chi connectivity index (χ1) is 7.11. The SMILES string of the molecule is COc1cc(Br)cc2oc(C(F)F)nc12.